The van der Waals surface area contributed by atoms with Crippen LogP contribution in [0.4, 0.5) is 5.82 Å². The van der Waals surface area contributed by atoms with Crippen LogP contribution in [-0.4, -0.2) is 30.8 Å². The van der Waals surface area contributed by atoms with E-state index in [-0.39, 0.29) is 6.04 Å². The average Bonchev–Trinajstić information content (AvgIpc) is 2.39. The van der Waals surface area contributed by atoms with Gasteiger partial charge in [0.2, 0.25) is 0 Å². The molecule has 1 aromatic heterocycles. The number of hydrogen-bond donors (Lipinski definition) is 1. The Morgan fingerprint density at radius 2 is 2.41 bits per heavy atom. The smallest absolute Gasteiger partial charge is 0.128 e. The van der Waals surface area contributed by atoms with Crippen molar-refractivity contribution in [2.24, 2.45) is 5.73 Å². The van der Waals surface area contributed by atoms with Gasteiger partial charge in [-0.2, -0.15) is 0 Å². The number of pyridine rings is 1. The maximum Gasteiger partial charge on any atom is 0.128 e. The third-order valence-corrected chi connectivity index (χ3v) is 3.21. The summed E-state index contributed by atoms with van der Waals surface area (Å²) < 4.78 is 5.65. The minimum Gasteiger partial charge on any atom is -0.375 e. The summed E-state index contributed by atoms with van der Waals surface area (Å²) in [5, 5.41) is 0. The molecule has 0 spiro atoms. The van der Waals surface area contributed by atoms with Gasteiger partial charge in [-0.05, 0) is 25.0 Å². The van der Waals surface area contributed by atoms with Crippen molar-refractivity contribution >= 4 is 5.82 Å². The van der Waals surface area contributed by atoms with Gasteiger partial charge in [-0.15, -0.1) is 0 Å². The van der Waals surface area contributed by atoms with Gasteiger partial charge in [0.1, 0.15) is 5.82 Å². The highest BCUT2D eigenvalue weighted by molar-refractivity contribution is 5.40. The molecule has 2 atom stereocenters. The maximum absolute atomic E-state index is 5.81. The maximum atomic E-state index is 5.81. The fourth-order valence-electron chi connectivity index (χ4n) is 2.03. The topological polar surface area (TPSA) is 51.4 Å². The summed E-state index contributed by atoms with van der Waals surface area (Å²) in [6, 6.07) is 4.16. The number of hydrogen-bond acceptors (Lipinski definition) is 4. The molecular formula is C13H21N3O. The summed E-state index contributed by atoms with van der Waals surface area (Å²) in [6.07, 6.45) is 3.25. The van der Waals surface area contributed by atoms with E-state index in [0.717, 1.165) is 37.5 Å². The number of morpholine rings is 1. The minimum atomic E-state index is 0.0460. The van der Waals surface area contributed by atoms with Crippen LogP contribution in [0.1, 0.15) is 31.9 Å². The third-order valence-electron chi connectivity index (χ3n) is 3.21. The van der Waals surface area contributed by atoms with E-state index in [0.29, 0.717) is 6.10 Å². The zero-order valence-electron chi connectivity index (χ0n) is 10.6. The van der Waals surface area contributed by atoms with Gasteiger partial charge < -0.3 is 15.4 Å². The molecule has 0 amide bonds. The van der Waals surface area contributed by atoms with Crippen molar-refractivity contribution in [1.82, 2.24) is 4.98 Å². The van der Waals surface area contributed by atoms with E-state index in [4.69, 9.17) is 10.5 Å². The third kappa shape index (κ3) is 2.96. The number of nitrogens with zero attached hydrogens (tertiary/aromatic N) is 2. The average molecular weight is 235 g/mol. The second kappa shape index (κ2) is 5.47. The molecule has 0 bridgehead atoms. The Kier molecular flexibility index (Phi) is 3.97. The molecule has 0 saturated carbocycles. The van der Waals surface area contributed by atoms with Gasteiger partial charge in [-0.1, -0.05) is 13.0 Å². The van der Waals surface area contributed by atoms with Crippen LogP contribution >= 0.6 is 0 Å². The highest BCUT2D eigenvalue weighted by atomic mass is 16.5. The monoisotopic (exact) mass is 235 g/mol. The molecule has 94 valence electrons. The second-order valence-electron chi connectivity index (χ2n) is 4.59. The van der Waals surface area contributed by atoms with Gasteiger partial charge in [0.25, 0.3) is 0 Å². The SMILES string of the molecule is CCC1CN(c2ccc(C(C)N)cn2)CCO1. The van der Waals surface area contributed by atoms with E-state index in [1.54, 1.807) is 0 Å². The summed E-state index contributed by atoms with van der Waals surface area (Å²) >= 11 is 0. The van der Waals surface area contributed by atoms with Crippen LogP contribution in [0.2, 0.25) is 0 Å². The van der Waals surface area contributed by atoms with Gasteiger partial charge >= 0.3 is 0 Å². The first kappa shape index (κ1) is 12.3. The second-order valence-corrected chi connectivity index (χ2v) is 4.59. The Balaban J connectivity index is 2.06. The zero-order chi connectivity index (χ0) is 12.3. The predicted octanol–water partition coefficient (Wildman–Crippen LogP) is 1.72. The lowest BCUT2D eigenvalue weighted by Gasteiger charge is -2.33. The summed E-state index contributed by atoms with van der Waals surface area (Å²) in [5.74, 6) is 1.02. The van der Waals surface area contributed by atoms with Crippen LogP contribution in [0, 0.1) is 0 Å². The van der Waals surface area contributed by atoms with Crippen LogP contribution in [-0.2, 0) is 4.74 Å². The van der Waals surface area contributed by atoms with Crippen LogP contribution < -0.4 is 10.6 Å². The van der Waals surface area contributed by atoms with E-state index < -0.39 is 0 Å². The lowest BCUT2D eigenvalue weighted by Crippen LogP contribution is -2.42. The van der Waals surface area contributed by atoms with E-state index in [2.05, 4.69) is 28.9 Å². The van der Waals surface area contributed by atoms with Crippen LogP contribution in [0.3, 0.4) is 0 Å². The highest BCUT2D eigenvalue weighted by Gasteiger charge is 2.19. The first-order chi connectivity index (χ1) is 8.20. The molecule has 2 N–H and O–H groups in total. The van der Waals surface area contributed by atoms with E-state index >= 15 is 0 Å². The summed E-state index contributed by atoms with van der Waals surface area (Å²) in [5.41, 5.74) is 6.89. The van der Waals surface area contributed by atoms with Crippen molar-refractivity contribution < 1.29 is 4.74 Å². The van der Waals surface area contributed by atoms with Gasteiger partial charge in [0, 0.05) is 25.3 Å². The van der Waals surface area contributed by atoms with Gasteiger partial charge in [-0.3, -0.25) is 0 Å². The molecule has 1 aliphatic rings. The predicted molar refractivity (Wildman–Crippen MR) is 69.1 cm³/mol. The molecule has 17 heavy (non-hydrogen) atoms. The molecule has 1 fully saturated rings. The van der Waals surface area contributed by atoms with Crippen LogP contribution in [0.15, 0.2) is 18.3 Å². The fraction of sp³-hybridized carbons (Fsp3) is 0.615. The Morgan fingerprint density at radius 1 is 1.59 bits per heavy atom. The molecule has 1 aromatic rings. The number of rotatable bonds is 3. The van der Waals surface area contributed by atoms with E-state index in [1.165, 1.54) is 0 Å². The van der Waals surface area contributed by atoms with Gasteiger partial charge in [0.05, 0.1) is 12.7 Å². The molecule has 4 nitrogen and oxygen atoms in total. The van der Waals surface area contributed by atoms with Crippen molar-refractivity contribution in [1.29, 1.82) is 0 Å². The lowest BCUT2D eigenvalue weighted by atomic mass is 10.1. The van der Waals surface area contributed by atoms with Crippen LogP contribution in [0.5, 0.6) is 0 Å². The Bertz CT molecular complexity index is 350. The summed E-state index contributed by atoms with van der Waals surface area (Å²) in [6.45, 7) is 6.76. The van der Waals surface area contributed by atoms with Crippen molar-refractivity contribution in [3.05, 3.63) is 23.9 Å². The molecule has 0 radical (unpaired) electrons. The molecular weight excluding hydrogens is 214 g/mol. The highest BCUT2D eigenvalue weighted by Crippen LogP contribution is 2.18. The standard InChI is InChI=1S/C13H21N3O/c1-3-12-9-16(6-7-17-12)13-5-4-11(8-15-13)10(2)14/h4-5,8,10,12H,3,6-7,9,14H2,1-2H3. The fourth-order valence-corrected chi connectivity index (χ4v) is 2.03. The van der Waals surface area contributed by atoms with E-state index in [1.807, 2.05) is 13.1 Å². The Morgan fingerprint density at radius 3 is 3.00 bits per heavy atom. The number of anilines is 1. The van der Waals surface area contributed by atoms with Crippen molar-refractivity contribution in [2.75, 3.05) is 24.6 Å². The number of aromatic nitrogens is 1. The summed E-state index contributed by atoms with van der Waals surface area (Å²) in [7, 11) is 0. The van der Waals surface area contributed by atoms with Crippen molar-refractivity contribution in [3.8, 4) is 0 Å². The largest absolute Gasteiger partial charge is 0.375 e. The molecule has 2 rings (SSSR count). The van der Waals surface area contributed by atoms with Gasteiger partial charge in [-0.25, -0.2) is 4.98 Å². The van der Waals surface area contributed by atoms with Crippen LogP contribution in [0.25, 0.3) is 0 Å². The molecule has 4 heteroatoms. The first-order valence-corrected chi connectivity index (χ1v) is 6.28. The first-order valence-electron chi connectivity index (χ1n) is 6.28. The van der Waals surface area contributed by atoms with Crippen molar-refractivity contribution in [3.63, 3.8) is 0 Å². The Labute approximate surface area is 103 Å². The molecule has 0 aromatic carbocycles. The zero-order valence-corrected chi connectivity index (χ0v) is 10.6. The number of ether oxygens (including phenoxy) is 1. The molecule has 2 unspecified atom stereocenters. The number of nitrogens with two attached hydrogens (primary N) is 1. The molecule has 2 heterocycles. The quantitative estimate of drug-likeness (QED) is 0.866. The van der Waals surface area contributed by atoms with Crippen molar-refractivity contribution in [2.45, 2.75) is 32.4 Å². The normalized spacial score (nSPS) is 22.5. The summed E-state index contributed by atoms with van der Waals surface area (Å²) in [4.78, 5) is 6.76. The minimum absolute atomic E-state index is 0.0460. The van der Waals surface area contributed by atoms with Gasteiger partial charge in [0.15, 0.2) is 0 Å². The molecule has 0 aliphatic carbocycles. The van der Waals surface area contributed by atoms with E-state index in [9.17, 15) is 0 Å². The Hall–Kier alpha value is -1.13. The lowest BCUT2D eigenvalue weighted by molar-refractivity contribution is 0.0381. The molecule has 1 aliphatic heterocycles. The molecule has 1 saturated heterocycles.